The van der Waals surface area contributed by atoms with Crippen molar-refractivity contribution >= 4 is 27.6 Å². The van der Waals surface area contributed by atoms with Crippen molar-refractivity contribution in [2.75, 3.05) is 32.8 Å². The first-order chi connectivity index (χ1) is 16.5. The molecule has 1 aliphatic heterocycles. The molecule has 2 rings (SSSR count). The van der Waals surface area contributed by atoms with E-state index in [1.165, 1.54) is 18.2 Å². The number of Topliss-reactive ketones (excluding diaryl/α,β-unsaturated/α-hetero) is 1. The molecule has 1 atom stereocenters. The smallest absolute Gasteiger partial charge is 0.287 e. The van der Waals surface area contributed by atoms with E-state index in [4.69, 9.17) is 0 Å². The molecule has 1 aromatic rings. The lowest BCUT2D eigenvalue weighted by atomic mass is 9.87. The summed E-state index contributed by atoms with van der Waals surface area (Å²) in [4.78, 5) is 36.1. The minimum atomic E-state index is -3.46. The van der Waals surface area contributed by atoms with Crippen LogP contribution in [0.2, 0.25) is 0 Å². The zero-order valence-corrected chi connectivity index (χ0v) is 21.3. The first kappa shape index (κ1) is 28.9. The predicted octanol–water partition coefficient (Wildman–Crippen LogP) is 0.365. The summed E-state index contributed by atoms with van der Waals surface area (Å²) in [5.74, 6) is -2.15. The fourth-order valence-electron chi connectivity index (χ4n) is 3.63. The average Bonchev–Trinajstić information content (AvgIpc) is 2.86. The number of ketones is 1. The SMILES string of the molecule is CC(C)(CO)[C@@H](O)C(=O)NCCC(=O)C(=O)NCCCc1ccc(S(=O)(=O)N2CCCCC2)cc1. The molecule has 0 saturated carbocycles. The number of aliphatic hydroxyl groups is 2. The summed E-state index contributed by atoms with van der Waals surface area (Å²) in [6.45, 7) is 3.95. The highest BCUT2D eigenvalue weighted by Crippen LogP contribution is 2.21. The van der Waals surface area contributed by atoms with E-state index < -0.39 is 39.1 Å². The monoisotopic (exact) mass is 511 g/mol. The number of carbonyl (C=O) groups is 3. The minimum absolute atomic E-state index is 0.101. The molecule has 0 bridgehead atoms. The van der Waals surface area contributed by atoms with Crippen LogP contribution in [0.15, 0.2) is 29.2 Å². The van der Waals surface area contributed by atoms with Crippen LogP contribution < -0.4 is 10.6 Å². The summed E-state index contributed by atoms with van der Waals surface area (Å²) in [6, 6.07) is 6.74. The number of carbonyl (C=O) groups excluding carboxylic acids is 3. The number of sulfonamides is 1. The first-order valence-electron chi connectivity index (χ1n) is 12.0. The number of amides is 2. The number of aryl methyl sites for hydroxylation is 1. The lowest BCUT2D eigenvalue weighted by molar-refractivity contribution is -0.139. The van der Waals surface area contributed by atoms with Crippen molar-refractivity contribution in [3.63, 3.8) is 0 Å². The van der Waals surface area contributed by atoms with Gasteiger partial charge in [0.15, 0.2) is 0 Å². The number of benzene rings is 1. The van der Waals surface area contributed by atoms with Crippen LogP contribution in [-0.2, 0) is 30.8 Å². The third-order valence-electron chi connectivity index (χ3n) is 6.10. The summed E-state index contributed by atoms with van der Waals surface area (Å²) in [5, 5.41) is 24.0. The van der Waals surface area contributed by atoms with Gasteiger partial charge >= 0.3 is 0 Å². The molecule has 1 saturated heterocycles. The molecular weight excluding hydrogens is 474 g/mol. The van der Waals surface area contributed by atoms with Crippen molar-refractivity contribution in [3.05, 3.63) is 29.8 Å². The quantitative estimate of drug-likeness (QED) is 0.220. The molecule has 1 aliphatic rings. The maximum atomic E-state index is 12.7. The molecule has 1 fully saturated rings. The molecular formula is C24H37N3O7S. The highest BCUT2D eigenvalue weighted by molar-refractivity contribution is 7.89. The van der Waals surface area contributed by atoms with Crippen molar-refractivity contribution in [2.45, 2.75) is 63.4 Å². The van der Waals surface area contributed by atoms with E-state index >= 15 is 0 Å². The van der Waals surface area contributed by atoms with E-state index in [1.54, 1.807) is 24.3 Å². The van der Waals surface area contributed by atoms with Crippen molar-refractivity contribution in [1.29, 1.82) is 0 Å². The van der Waals surface area contributed by atoms with Crippen LogP contribution in [0.5, 0.6) is 0 Å². The summed E-state index contributed by atoms with van der Waals surface area (Å²) in [5.41, 5.74) is -0.0943. The number of aliphatic hydroxyl groups excluding tert-OH is 2. The van der Waals surface area contributed by atoms with Crippen LogP contribution in [0.3, 0.4) is 0 Å². The Morgan fingerprint density at radius 1 is 1.03 bits per heavy atom. The first-order valence-corrected chi connectivity index (χ1v) is 13.4. The Bertz CT molecular complexity index is 971. The van der Waals surface area contributed by atoms with Gasteiger partial charge in [-0.15, -0.1) is 0 Å². The van der Waals surface area contributed by atoms with Crippen molar-refractivity contribution in [2.24, 2.45) is 5.41 Å². The van der Waals surface area contributed by atoms with E-state index in [0.717, 1.165) is 24.8 Å². The molecule has 0 unspecified atom stereocenters. The normalized spacial score (nSPS) is 15.9. The Hall–Kier alpha value is -2.34. The molecule has 11 heteroatoms. The number of hydrogen-bond acceptors (Lipinski definition) is 7. The fraction of sp³-hybridized carbons (Fsp3) is 0.625. The zero-order chi connectivity index (χ0) is 26.1. The van der Waals surface area contributed by atoms with Gasteiger partial charge < -0.3 is 20.8 Å². The summed E-state index contributed by atoms with van der Waals surface area (Å²) in [7, 11) is -3.46. The van der Waals surface area contributed by atoms with Gasteiger partial charge in [-0.05, 0) is 43.4 Å². The van der Waals surface area contributed by atoms with Crippen LogP contribution in [0, 0.1) is 5.41 Å². The van der Waals surface area contributed by atoms with Crippen molar-refractivity contribution in [3.8, 4) is 0 Å². The van der Waals surface area contributed by atoms with Gasteiger partial charge in [-0.3, -0.25) is 14.4 Å². The fourth-order valence-corrected chi connectivity index (χ4v) is 5.14. The van der Waals surface area contributed by atoms with Gasteiger partial charge in [0.25, 0.3) is 5.91 Å². The molecule has 0 aromatic heterocycles. The molecule has 2 amide bonds. The molecule has 35 heavy (non-hydrogen) atoms. The van der Waals surface area contributed by atoms with E-state index in [-0.39, 0.29) is 31.0 Å². The third kappa shape index (κ3) is 8.38. The highest BCUT2D eigenvalue weighted by atomic mass is 32.2. The number of rotatable bonds is 13. The van der Waals surface area contributed by atoms with Gasteiger partial charge in [-0.2, -0.15) is 4.31 Å². The maximum absolute atomic E-state index is 12.7. The molecule has 4 N–H and O–H groups in total. The molecule has 0 aliphatic carbocycles. The van der Waals surface area contributed by atoms with Crippen LogP contribution in [0.4, 0.5) is 0 Å². The van der Waals surface area contributed by atoms with Gasteiger partial charge in [0, 0.05) is 38.0 Å². The van der Waals surface area contributed by atoms with Gasteiger partial charge in [0.05, 0.1) is 11.5 Å². The second-order valence-corrected chi connectivity index (χ2v) is 11.4. The van der Waals surface area contributed by atoms with Crippen molar-refractivity contribution in [1.82, 2.24) is 14.9 Å². The van der Waals surface area contributed by atoms with E-state index in [9.17, 15) is 33.0 Å². The standard InChI is InChI=1S/C24H37N3O7S/c1-24(2,17-28)21(30)23(32)26-14-12-20(29)22(31)25-13-6-7-18-8-10-19(11-9-18)35(33,34)27-15-4-3-5-16-27/h8-11,21,28,30H,3-7,12-17H2,1-2H3,(H,25,31)(H,26,32)/t21-/m0/s1. The topological polar surface area (TPSA) is 153 Å². The molecule has 0 radical (unpaired) electrons. The number of hydrogen-bond donors (Lipinski definition) is 4. The van der Waals surface area contributed by atoms with Crippen LogP contribution in [0.1, 0.15) is 51.5 Å². The minimum Gasteiger partial charge on any atom is -0.396 e. The van der Waals surface area contributed by atoms with Crippen molar-refractivity contribution < 1.29 is 33.0 Å². The Labute approximate surface area is 207 Å². The predicted molar refractivity (Wildman–Crippen MR) is 130 cm³/mol. The van der Waals surface area contributed by atoms with Crippen LogP contribution in [-0.4, -0.2) is 79.4 Å². The lowest BCUT2D eigenvalue weighted by Crippen LogP contribution is -2.46. The summed E-state index contributed by atoms with van der Waals surface area (Å²) >= 11 is 0. The number of piperidine rings is 1. The Morgan fingerprint density at radius 2 is 1.66 bits per heavy atom. The van der Waals surface area contributed by atoms with E-state index in [2.05, 4.69) is 10.6 Å². The Morgan fingerprint density at radius 3 is 2.26 bits per heavy atom. The Kier molecular flexibility index (Phi) is 10.8. The van der Waals surface area contributed by atoms with E-state index in [0.29, 0.717) is 25.9 Å². The lowest BCUT2D eigenvalue weighted by Gasteiger charge is -2.27. The van der Waals surface area contributed by atoms with Crippen LogP contribution in [0.25, 0.3) is 0 Å². The number of nitrogens with zero attached hydrogens (tertiary/aromatic N) is 1. The average molecular weight is 512 g/mol. The molecule has 1 heterocycles. The second-order valence-electron chi connectivity index (χ2n) is 9.48. The van der Waals surface area contributed by atoms with Crippen LogP contribution >= 0.6 is 0 Å². The van der Waals surface area contributed by atoms with E-state index in [1.807, 2.05) is 0 Å². The highest BCUT2D eigenvalue weighted by Gasteiger charge is 2.33. The second kappa shape index (κ2) is 13.1. The van der Waals surface area contributed by atoms with Gasteiger partial charge in [0.1, 0.15) is 6.10 Å². The molecule has 10 nitrogen and oxygen atoms in total. The van der Waals surface area contributed by atoms with Gasteiger partial charge in [0.2, 0.25) is 21.7 Å². The maximum Gasteiger partial charge on any atom is 0.287 e. The van der Waals surface area contributed by atoms with Gasteiger partial charge in [-0.25, -0.2) is 8.42 Å². The molecule has 1 aromatic carbocycles. The Balaban J connectivity index is 1.69. The summed E-state index contributed by atoms with van der Waals surface area (Å²) < 4.78 is 26.9. The number of nitrogens with one attached hydrogen (secondary N) is 2. The third-order valence-corrected chi connectivity index (χ3v) is 8.02. The summed E-state index contributed by atoms with van der Waals surface area (Å²) in [6.07, 6.45) is 2.34. The zero-order valence-electron chi connectivity index (χ0n) is 20.5. The largest absolute Gasteiger partial charge is 0.396 e. The van der Waals surface area contributed by atoms with Gasteiger partial charge in [-0.1, -0.05) is 32.4 Å². The molecule has 0 spiro atoms. The molecule has 196 valence electrons.